The minimum Gasteiger partial charge on any atom is -0.497 e. The van der Waals surface area contributed by atoms with Crippen LogP contribution in [-0.2, 0) is 25.7 Å². The van der Waals surface area contributed by atoms with E-state index < -0.39 is 24.4 Å². The van der Waals surface area contributed by atoms with Gasteiger partial charge in [0.05, 0.1) is 13.0 Å². The summed E-state index contributed by atoms with van der Waals surface area (Å²) in [6.45, 7) is 0.350. The van der Waals surface area contributed by atoms with Crippen molar-refractivity contribution in [3.63, 3.8) is 0 Å². The zero-order valence-corrected chi connectivity index (χ0v) is 15.6. The number of likely N-dealkylation sites (tertiary alicyclic amines) is 1. The monoisotopic (exact) mass is 382 g/mol. The van der Waals surface area contributed by atoms with Crippen molar-refractivity contribution in [1.29, 1.82) is 0 Å². The molecule has 0 aromatic heterocycles. The first-order chi connectivity index (χ1) is 13.5. The summed E-state index contributed by atoms with van der Waals surface area (Å²) in [5.41, 5.74) is 1.55. The molecule has 1 unspecified atom stereocenters. The molecule has 0 spiro atoms. The fraction of sp³-hybridized carbons (Fsp3) is 0.286. The van der Waals surface area contributed by atoms with Crippen LogP contribution in [0, 0.1) is 5.92 Å². The summed E-state index contributed by atoms with van der Waals surface area (Å²) < 4.78 is 10.2. The van der Waals surface area contributed by atoms with Crippen LogP contribution in [0.5, 0.6) is 5.75 Å². The number of benzene rings is 2. The summed E-state index contributed by atoms with van der Waals surface area (Å²) in [6, 6.07) is 16.5. The number of nitrogens with zero attached hydrogens (tertiary/aromatic N) is 1. The van der Waals surface area contributed by atoms with Crippen LogP contribution in [0.4, 0.5) is 5.69 Å². The fourth-order valence-corrected chi connectivity index (χ4v) is 3.04. The van der Waals surface area contributed by atoms with Crippen molar-refractivity contribution in [2.45, 2.75) is 13.0 Å². The van der Waals surface area contributed by atoms with E-state index >= 15 is 0 Å². The van der Waals surface area contributed by atoms with E-state index in [4.69, 9.17) is 9.47 Å². The Morgan fingerprint density at radius 1 is 1.14 bits per heavy atom. The van der Waals surface area contributed by atoms with E-state index in [9.17, 15) is 14.4 Å². The van der Waals surface area contributed by atoms with E-state index in [1.165, 1.54) is 7.11 Å². The van der Waals surface area contributed by atoms with Gasteiger partial charge in [-0.25, -0.2) is 0 Å². The summed E-state index contributed by atoms with van der Waals surface area (Å²) in [6.07, 6.45) is 0.100. The number of carbonyl (C=O) groups excluding carboxylic acids is 3. The summed E-state index contributed by atoms with van der Waals surface area (Å²) >= 11 is 0. The lowest BCUT2D eigenvalue weighted by molar-refractivity contribution is -0.151. The highest BCUT2D eigenvalue weighted by Gasteiger charge is 2.35. The molecule has 0 bridgehead atoms. The number of anilines is 1. The van der Waals surface area contributed by atoms with Crippen molar-refractivity contribution < 1.29 is 23.9 Å². The molecule has 2 aromatic carbocycles. The molecule has 1 saturated heterocycles. The molecule has 3 rings (SSSR count). The third-order valence-corrected chi connectivity index (χ3v) is 4.46. The number of carbonyl (C=O) groups is 3. The maximum Gasteiger partial charge on any atom is 0.311 e. The van der Waals surface area contributed by atoms with Gasteiger partial charge in [-0.1, -0.05) is 36.4 Å². The van der Waals surface area contributed by atoms with Crippen LogP contribution in [0.15, 0.2) is 54.6 Å². The molecule has 146 valence electrons. The molecule has 0 radical (unpaired) electrons. The molecule has 1 fully saturated rings. The Kier molecular flexibility index (Phi) is 6.26. The van der Waals surface area contributed by atoms with Crippen molar-refractivity contribution in [1.82, 2.24) is 4.90 Å². The smallest absolute Gasteiger partial charge is 0.311 e. The first kappa shape index (κ1) is 19.4. The zero-order chi connectivity index (χ0) is 19.9. The standard InChI is InChI=1S/C21H22N2O5/c1-27-18-9-5-8-17(11-18)22-19(24)14-28-21(26)16-10-20(25)23(13-16)12-15-6-3-2-4-7-15/h2-9,11,16H,10,12-14H2,1H3,(H,22,24). The van der Waals surface area contributed by atoms with Gasteiger partial charge in [0.2, 0.25) is 5.91 Å². The maximum atomic E-state index is 12.2. The number of rotatable bonds is 7. The lowest BCUT2D eigenvalue weighted by Crippen LogP contribution is -2.28. The second-order valence-electron chi connectivity index (χ2n) is 6.55. The average molecular weight is 382 g/mol. The van der Waals surface area contributed by atoms with Gasteiger partial charge in [-0.05, 0) is 17.7 Å². The van der Waals surface area contributed by atoms with Gasteiger partial charge in [-0.2, -0.15) is 0 Å². The highest BCUT2D eigenvalue weighted by Crippen LogP contribution is 2.21. The van der Waals surface area contributed by atoms with Crippen molar-refractivity contribution in [3.05, 3.63) is 60.2 Å². The Bertz CT molecular complexity index is 853. The molecule has 28 heavy (non-hydrogen) atoms. The summed E-state index contributed by atoms with van der Waals surface area (Å²) in [4.78, 5) is 38.0. The number of methoxy groups -OCH3 is 1. The Morgan fingerprint density at radius 2 is 1.93 bits per heavy atom. The second kappa shape index (κ2) is 9.03. The predicted octanol–water partition coefficient (Wildman–Crippen LogP) is 2.23. The van der Waals surface area contributed by atoms with E-state index in [2.05, 4.69) is 5.32 Å². The molecule has 0 saturated carbocycles. The molecule has 7 heteroatoms. The van der Waals surface area contributed by atoms with Crippen LogP contribution in [0.2, 0.25) is 0 Å². The molecule has 1 heterocycles. The Labute approximate surface area is 163 Å². The molecule has 1 aliphatic heterocycles. The second-order valence-corrected chi connectivity index (χ2v) is 6.55. The number of amides is 2. The molecular formula is C21H22N2O5. The van der Waals surface area contributed by atoms with Crippen molar-refractivity contribution >= 4 is 23.5 Å². The number of hydrogen-bond acceptors (Lipinski definition) is 5. The van der Waals surface area contributed by atoms with Gasteiger partial charge in [0, 0.05) is 31.3 Å². The van der Waals surface area contributed by atoms with Crippen molar-refractivity contribution in [2.75, 3.05) is 25.6 Å². The number of esters is 1. The van der Waals surface area contributed by atoms with E-state index in [1.807, 2.05) is 30.3 Å². The minimum absolute atomic E-state index is 0.0911. The van der Waals surface area contributed by atoms with Gasteiger partial charge in [-0.3, -0.25) is 14.4 Å². The minimum atomic E-state index is -0.555. The van der Waals surface area contributed by atoms with Crippen molar-refractivity contribution in [2.24, 2.45) is 5.92 Å². The number of ether oxygens (including phenoxy) is 2. The van der Waals surface area contributed by atoms with Gasteiger partial charge in [0.25, 0.3) is 5.91 Å². The lowest BCUT2D eigenvalue weighted by Gasteiger charge is -2.16. The van der Waals surface area contributed by atoms with Crippen LogP contribution in [0.1, 0.15) is 12.0 Å². The average Bonchev–Trinajstić information content (AvgIpc) is 3.07. The van der Waals surface area contributed by atoms with Crippen LogP contribution in [0.3, 0.4) is 0 Å². The molecule has 2 aromatic rings. The Balaban J connectivity index is 1.47. The molecule has 1 atom stereocenters. The third kappa shape index (κ3) is 5.09. The van der Waals surface area contributed by atoms with Gasteiger partial charge in [0.1, 0.15) is 5.75 Å². The summed E-state index contributed by atoms with van der Waals surface area (Å²) in [7, 11) is 1.53. The first-order valence-electron chi connectivity index (χ1n) is 8.97. The highest BCUT2D eigenvalue weighted by atomic mass is 16.5. The van der Waals surface area contributed by atoms with E-state index in [-0.39, 0.29) is 12.3 Å². The van der Waals surface area contributed by atoms with Crippen LogP contribution in [0.25, 0.3) is 0 Å². The predicted molar refractivity (Wildman–Crippen MR) is 103 cm³/mol. The van der Waals surface area contributed by atoms with E-state index in [1.54, 1.807) is 29.2 Å². The summed E-state index contributed by atoms with van der Waals surface area (Å²) in [5.74, 6) is -1.03. The molecular weight excluding hydrogens is 360 g/mol. The largest absolute Gasteiger partial charge is 0.497 e. The molecule has 1 aliphatic rings. The van der Waals surface area contributed by atoms with E-state index in [0.29, 0.717) is 24.5 Å². The molecule has 7 nitrogen and oxygen atoms in total. The number of hydrogen-bond donors (Lipinski definition) is 1. The van der Waals surface area contributed by atoms with Gasteiger partial charge < -0.3 is 19.7 Å². The summed E-state index contributed by atoms with van der Waals surface area (Å²) in [5, 5.41) is 2.64. The normalized spacial score (nSPS) is 16.0. The van der Waals surface area contributed by atoms with Gasteiger partial charge >= 0.3 is 5.97 Å². The SMILES string of the molecule is COc1cccc(NC(=O)COC(=O)C2CC(=O)N(Cc3ccccc3)C2)c1. The first-order valence-corrected chi connectivity index (χ1v) is 8.97. The topological polar surface area (TPSA) is 84.9 Å². The molecule has 0 aliphatic carbocycles. The van der Waals surface area contributed by atoms with Crippen LogP contribution in [-0.4, -0.2) is 42.9 Å². The van der Waals surface area contributed by atoms with Crippen LogP contribution < -0.4 is 10.1 Å². The van der Waals surface area contributed by atoms with Gasteiger partial charge in [0.15, 0.2) is 6.61 Å². The highest BCUT2D eigenvalue weighted by molar-refractivity contribution is 5.93. The third-order valence-electron chi connectivity index (χ3n) is 4.46. The van der Waals surface area contributed by atoms with Crippen LogP contribution >= 0.6 is 0 Å². The number of nitrogens with one attached hydrogen (secondary N) is 1. The quantitative estimate of drug-likeness (QED) is 0.743. The zero-order valence-electron chi connectivity index (χ0n) is 15.6. The van der Waals surface area contributed by atoms with Gasteiger partial charge in [-0.15, -0.1) is 0 Å². The lowest BCUT2D eigenvalue weighted by atomic mass is 10.1. The Hall–Kier alpha value is -3.35. The van der Waals surface area contributed by atoms with Crippen molar-refractivity contribution in [3.8, 4) is 5.75 Å². The molecule has 1 N–H and O–H groups in total. The Morgan fingerprint density at radius 3 is 2.68 bits per heavy atom. The fourth-order valence-electron chi connectivity index (χ4n) is 3.04. The maximum absolute atomic E-state index is 12.2. The molecule has 2 amide bonds. The van der Waals surface area contributed by atoms with E-state index in [0.717, 1.165) is 5.56 Å².